The van der Waals surface area contributed by atoms with E-state index in [2.05, 4.69) is 19.2 Å². The number of carbonyl (C=O) groups excluding carboxylic acids is 1. The number of esters is 1. The highest BCUT2D eigenvalue weighted by Gasteiger charge is 2.28. The van der Waals surface area contributed by atoms with Gasteiger partial charge in [-0.25, -0.2) is 4.79 Å². The van der Waals surface area contributed by atoms with Crippen molar-refractivity contribution in [3.05, 3.63) is 23.8 Å². The molecule has 0 amide bonds. The maximum absolute atomic E-state index is 11.7. The predicted octanol–water partition coefficient (Wildman–Crippen LogP) is 3.83. The third-order valence-electron chi connectivity index (χ3n) is 4.13. The summed E-state index contributed by atoms with van der Waals surface area (Å²) in [6.45, 7) is 6.79. The van der Waals surface area contributed by atoms with Gasteiger partial charge in [-0.3, -0.25) is 0 Å². The van der Waals surface area contributed by atoms with Gasteiger partial charge in [-0.1, -0.05) is 20.3 Å². The largest absolute Gasteiger partial charge is 0.462 e. The lowest BCUT2D eigenvalue weighted by Gasteiger charge is -2.36. The van der Waals surface area contributed by atoms with Crippen molar-refractivity contribution in [1.82, 2.24) is 0 Å². The normalized spacial score (nSPS) is 20.8. The Labute approximate surface area is 127 Å². The second kappa shape index (κ2) is 6.37. The first-order chi connectivity index (χ1) is 9.91. The topological polar surface area (TPSA) is 64.3 Å². The molecule has 1 fully saturated rings. The number of carbonyl (C=O) groups is 1. The molecule has 0 bridgehead atoms. The van der Waals surface area contributed by atoms with Gasteiger partial charge in [0.1, 0.15) is 0 Å². The van der Waals surface area contributed by atoms with Gasteiger partial charge < -0.3 is 15.8 Å². The summed E-state index contributed by atoms with van der Waals surface area (Å²) in [5.74, 6) is -0.324. The van der Waals surface area contributed by atoms with Crippen molar-refractivity contribution in [1.29, 1.82) is 0 Å². The van der Waals surface area contributed by atoms with Crippen molar-refractivity contribution in [2.45, 2.75) is 52.5 Å². The van der Waals surface area contributed by atoms with Crippen molar-refractivity contribution >= 4 is 17.3 Å². The van der Waals surface area contributed by atoms with E-state index in [0.29, 0.717) is 29.3 Å². The minimum absolute atomic E-state index is 0.324. The van der Waals surface area contributed by atoms with Gasteiger partial charge in [-0.2, -0.15) is 0 Å². The van der Waals surface area contributed by atoms with E-state index >= 15 is 0 Å². The van der Waals surface area contributed by atoms with Crippen molar-refractivity contribution in [3.8, 4) is 0 Å². The summed E-state index contributed by atoms with van der Waals surface area (Å²) in [5, 5.41) is 3.53. The molecule has 0 aliphatic heterocycles. The van der Waals surface area contributed by atoms with Crippen molar-refractivity contribution in [3.63, 3.8) is 0 Å². The van der Waals surface area contributed by atoms with Crippen LogP contribution in [0.3, 0.4) is 0 Å². The fourth-order valence-electron chi connectivity index (χ4n) is 3.08. The fourth-order valence-corrected chi connectivity index (χ4v) is 3.08. The Kier molecular flexibility index (Phi) is 4.76. The summed E-state index contributed by atoms with van der Waals surface area (Å²) in [5.41, 5.74) is 8.47. The molecule has 0 heterocycles. The quantitative estimate of drug-likeness (QED) is 0.653. The molecule has 1 saturated carbocycles. The number of hydrogen-bond acceptors (Lipinski definition) is 4. The van der Waals surface area contributed by atoms with Crippen LogP contribution in [-0.4, -0.2) is 18.6 Å². The van der Waals surface area contributed by atoms with E-state index in [4.69, 9.17) is 10.5 Å². The number of anilines is 2. The third-order valence-corrected chi connectivity index (χ3v) is 4.13. The summed E-state index contributed by atoms with van der Waals surface area (Å²) >= 11 is 0. The maximum Gasteiger partial charge on any atom is 0.338 e. The van der Waals surface area contributed by atoms with Crippen LogP contribution in [-0.2, 0) is 4.74 Å². The van der Waals surface area contributed by atoms with Gasteiger partial charge in [-0.15, -0.1) is 0 Å². The third kappa shape index (κ3) is 4.13. The second-order valence-corrected chi connectivity index (χ2v) is 6.62. The minimum Gasteiger partial charge on any atom is -0.462 e. The Hall–Kier alpha value is -1.71. The molecule has 4 heteroatoms. The van der Waals surface area contributed by atoms with Crippen LogP contribution in [0.2, 0.25) is 0 Å². The Morgan fingerprint density at radius 2 is 2.24 bits per heavy atom. The first-order valence-corrected chi connectivity index (χ1v) is 7.74. The zero-order chi connectivity index (χ0) is 15.5. The minimum atomic E-state index is -0.324. The lowest BCUT2D eigenvalue weighted by molar-refractivity contribution is 0.0526. The van der Waals surface area contributed by atoms with E-state index in [-0.39, 0.29) is 5.97 Å². The highest BCUT2D eigenvalue weighted by Crippen LogP contribution is 2.37. The predicted molar refractivity (Wildman–Crippen MR) is 86.5 cm³/mol. The zero-order valence-corrected chi connectivity index (χ0v) is 13.2. The number of nitrogen functional groups attached to an aromatic ring is 1. The van der Waals surface area contributed by atoms with E-state index in [0.717, 1.165) is 12.1 Å². The maximum atomic E-state index is 11.7. The smallest absolute Gasteiger partial charge is 0.338 e. The average molecular weight is 290 g/mol. The van der Waals surface area contributed by atoms with E-state index in [1.165, 1.54) is 19.3 Å². The van der Waals surface area contributed by atoms with Crippen molar-refractivity contribution in [2.75, 3.05) is 17.7 Å². The number of hydrogen-bond donors (Lipinski definition) is 2. The van der Waals surface area contributed by atoms with Gasteiger partial charge in [0.2, 0.25) is 0 Å². The van der Waals surface area contributed by atoms with E-state index in [9.17, 15) is 4.79 Å². The SMILES string of the molecule is CCOC(=O)c1ccc(NC2CCCC(C)(C)C2)c(N)c1. The molecular weight excluding hydrogens is 264 g/mol. The van der Waals surface area contributed by atoms with Crippen LogP contribution in [0.25, 0.3) is 0 Å². The number of nitrogens with one attached hydrogen (secondary N) is 1. The van der Waals surface area contributed by atoms with Gasteiger partial charge >= 0.3 is 5.97 Å². The molecule has 1 aromatic rings. The van der Waals surface area contributed by atoms with Crippen LogP contribution in [0.5, 0.6) is 0 Å². The van der Waals surface area contributed by atoms with Gasteiger partial charge in [-0.05, 0) is 49.8 Å². The molecule has 116 valence electrons. The number of ether oxygens (including phenoxy) is 1. The zero-order valence-electron chi connectivity index (χ0n) is 13.2. The van der Waals surface area contributed by atoms with Gasteiger partial charge in [0.25, 0.3) is 0 Å². The molecule has 0 spiro atoms. The van der Waals surface area contributed by atoms with E-state index in [1.807, 2.05) is 6.07 Å². The molecule has 0 aromatic heterocycles. The summed E-state index contributed by atoms with van der Waals surface area (Å²) in [6, 6.07) is 5.78. The number of nitrogens with two attached hydrogens (primary N) is 1. The van der Waals surface area contributed by atoms with Gasteiger partial charge in [0.15, 0.2) is 0 Å². The van der Waals surface area contributed by atoms with Crippen LogP contribution >= 0.6 is 0 Å². The standard InChI is InChI=1S/C17H26N2O2/c1-4-21-16(20)12-7-8-15(14(18)10-12)19-13-6-5-9-17(2,3)11-13/h7-8,10,13,19H,4-6,9,11,18H2,1-3H3. The van der Waals surface area contributed by atoms with Crippen LogP contribution in [0.15, 0.2) is 18.2 Å². The Balaban J connectivity index is 2.06. The van der Waals surface area contributed by atoms with Gasteiger partial charge in [0, 0.05) is 6.04 Å². The van der Waals surface area contributed by atoms with Crippen molar-refractivity contribution in [2.24, 2.45) is 5.41 Å². The Morgan fingerprint density at radius 1 is 1.48 bits per heavy atom. The molecule has 0 saturated heterocycles. The number of rotatable bonds is 4. The first kappa shape index (κ1) is 15.7. The van der Waals surface area contributed by atoms with Crippen LogP contribution in [0.4, 0.5) is 11.4 Å². The molecule has 1 aliphatic carbocycles. The summed E-state index contributed by atoms with van der Waals surface area (Å²) < 4.78 is 4.99. The molecule has 1 unspecified atom stereocenters. The monoisotopic (exact) mass is 290 g/mol. The van der Waals surface area contributed by atoms with Crippen LogP contribution in [0.1, 0.15) is 56.8 Å². The molecule has 3 N–H and O–H groups in total. The summed E-state index contributed by atoms with van der Waals surface area (Å²) in [6.07, 6.45) is 4.84. The molecule has 0 radical (unpaired) electrons. The van der Waals surface area contributed by atoms with E-state index in [1.54, 1.807) is 19.1 Å². The van der Waals surface area contributed by atoms with Gasteiger partial charge in [0.05, 0.1) is 23.5 Å². The van der Waals surface area contributed by atoms with Crippen molar-refractivity contribution < 1.29 is 9.53 Å². The number of benzene rings is 1. The lowest BCUT2D eigenvalue weighted by atomic mass is 9.75. The molecule has 1 aromatic carbocycles. The van der Waals surface area contributed by atoms with Crippen LogP contribution in [0, 0.1) is 5.41 Å². The molecular formula is C17H26N2O2. The molecule has 1 aliphatic rings. The molecule has 21 heavy (non-hydrogen) atoms. The summed E-state index contributed by atoms with van der Waals surface area (Å²) in [7, 11) is 0. The molecule has 2 rings (SSSR count). The highest BCUT2D eigenvalue weighted by molar-refractivity contribution is 5.91. The fraction of sp³-hybridized carbons (Fsp3) is 0.588. The second-order valence-electron chi connectivity index (χ2n) is 6.62. The summed E-state index contributed by atoms with van der Waals surface area (Å²) in [4.78, 5) is 11.7. The Morgan fingerprint density at radius 3 is 2.86 bits per heavy atom. The lowest BCUT2D eigenvalue weighted by Crippen LogP contribution is -2.32. The molecule has 1 atom stereocenters. The first-order valence-electron chi connectivity index (χ1n) is 7.74. The highest BCUT2D eigenvalue weighted by atomic mass is 16.5. The van der Waals surface area contributed by atoms with Crippen LogP contribution < -0.4 is 11.1 Å². The Bertz CT molecular complexity index is 512. The van der Waals surface area contributed by atoms with E-state index < -0.39 is 0 Å². The average Bonchev–Trinajstić information content (AvgIpc) is 2.40. The molecule has 4 nitrogen and oxygen atoms in total.